The van der Waals surface area contributed by atoms with Gasteiger partial charge in [0.05, 0.1) is 5.41 Å². The van der Waals surface area contributed by atoms with Crippen LogP contribution in [0.3, 0.4) is 0 Å². The minimum atomic E-state index is -0.733. The van der Waals surface area contributed by atoms with Gasteiger partial charge < -0.3 is 0 Å². The Bertz CT molecular complexity index is 4370. The molecule has 396 valence electrons. The smallest absolute Gasteiger partial charge is 0.164 e. The van der Waals surface area contributed by atoms with E-state index >= 15 is 0 Å². The van der Waals surface area contributed by atoms with Crippen LogP contribution < -0.4 is 0 Å². The SMILES string of the molecule is c1ccc(-c2cccc(-c3nc(-c4cccc(-c5ccccc5)c4)nc(-c4ccc5c(c4)C4(c6ccccc6-5)c5ccccc5-c5ccc(-c6nc(-c7cccc(-c8ccccc8)c7)nc(-c7cccc(-c8ccccc8)c7)n6)cc54)n3)c2)cc1. The molecule has 6 heteroatoms. The number of aromatic nitrogens is 6. The minimum absolute atomic E-state index is 0.585. The van der Waals surface area contributed by atoms with Gasteiger partial charge in [0.1, 0.15) is 0 Å². The number of benzene rings is 12. The predicted octanol–water partition coefficient (Wildman–Crippen LogP) is 19.1. The fraction of sp³-hybridized carbons (Fsp3) is 0.0127. The number of fused-ring (bicyclic) bond motifs is 10. The molecule has 6 nitrogen and oxygen atoms in total. The summed E-state index contributed by atoms with van der Waals surface area (Å²) in [5.74, 6) is 3.55. The van der Waals surface area contributed by atoms with Crippen LogP contribution in [0.4, 0.5) is 0 Å². The number of rotatable bonds is 10. The average molecular weight is 1080 g/mol. The van der Waals surface area contributed by atoms with Crippen LogP contribution >= 0.6 is 0 Å². The van der Waals surface area contributed by atoms with Crippen LogP contribution in [-0.4, -0.2) is 29.9 Å². The molecule has 14 aromatic rings. The third-order valence-corrected chi connectivity index (χ3v) is 16.8. The van der Waals surface area contributed by atoms with Crippen LogP contribution in [0.25, 0.3) is 135 Å². The van der Waals surface area contributed by atoms with Crippen LogP contribution in [0.2, 0.25) is 0 Å². The summed E-state index contributed by atoms with van der Waals surface area (Å²) >= 11 is 0. The molecule has 2 aromatic heterocycles. The van der Waals surface area contributed by atoms with E-state index in [9.17, 15) is 0 Å². The largest absolute Gasteiger partial charge is 0.208 e. The first-order valence-corrected chi connectivity index (χ1v) is 28.7. The van der Waals surface area contributed by atoms with Crippen molar-refractivity contribution in [3.8, 4) is 135 Å². The second-order valence-electron chi connectivity index (χ2n) is 21.8. The maximum absolute atomic E-state index is 5.41. The van der Waals surface area contributed by atoms with E-state index in [-0.39, 0.29) is 0 Å². The zero-order valence-corrected chi connectivity index (χ0v) is 46.1. The molecule has 2 aliphatic rings. The van der Waals surface area contributed by atoms with Gasteiger partial charge in [0, 0.05) is 33.4 Å². The molecule has 0 atom stereocenters. The van der Waals surface area contributed by atoms with Gasteiger partial charge in [0.2, 0.25) is 0 Å². The van der Waals surface area contributed by atoms with E-state index in [1.807, 2.05) is 24.3 Å². The summed E-state index contributed by atoms with van der Waals surface area (Å²) in [5.41, 5.74) is 22.9. The third kappa shape index (κ3) is 8.66. The fourth-order valence-corrected chi connectivity index (χ4v) is 12.8. The van der Waals surface area contributed by atoms with Crippen molar-refractivity contribution >= 4 is 0 Å². The Morgan fingerprint density at radius 2 is 0.376 bits per heavy atom. The van der Waals surface area contributed by atoms with Crippen molar-refractivity contribution in [2.75, 3.05) is 0 Å². The monoisotopic (exact) mass is 1080 g/mol. The van der Waals surface area contributed by atoms with Crippen molar-refractivity contribution in [1.82, 2.24) is 29.9 Å². The molecule has 0 bridgehead atoms. The molecule has 0 radical (unpaired) electrons. The molecule has 0 saturated carbocycles. The highest BCUT2D eigenvalue weighted by atomic mass is 15.0. The summed E-state index contributed by atoms with van der Waals surface area (Å²) in [5, 5.41) is 0. The van der Waals surface area contributed by atoms with Crippen molar-refractivity contribution in [3.05, 3.63) is 326 Å². The summed E-state index contributed by atoms with van der Waals surface area (Å²) in [4.78, 5) is 32.2. The quantitative estimate of drug-likeness (QED) is 0.136. The van der Waals surface area contributed by atoms with E-state index in [0.29, 0.717) is 34.9 Å². The molecular weight excluding hydrogens is 1030 g/mol. The Morgan fingerprint density at radius 1 is 0.153 bits per heavy atom. The molecule has 0 amide bonds. The molecule has 2 aliphatic carbocycles. The van der Waals surface area contributed by atoms with Crippen molar-refractivity contribution in [1.29, 1.82) is 0 Å². The van der Waals surface area contributed by atoms with Gasteiger partial charge in [-0.3, -0.25) is 0 Å². The van der Waals surface area contributed by atoms with Gasteiger partial charge in [-0.25, -0.2) is 29.9 Å². The first-order valence-electron chi connectivity index (χ1n) is 28.7. The van der Waals surface area contributed by atoms with Crippen LogP contribution in [0.1, 0.15) is 22.3 Å². The molecule has 0 aliphatic heterocycles. The van der Waals surface area contributed by atoms with Gasteiger partial charge in [-0.05, 0) is 125 Å². The van der Waals surface area contributed by atoms with Gasteiger partial charge in [0.15, 0.2) is 34.9 Å². The van der Waals surface area contributed by atoms with Gasteiger partial charge in [-0.1, -0.05) is 267 Å². The summed E-state index contributed by atoms with van der Waals surface area (Å²) < 4.78 is 0. The molecule has 2 heterocycles. The van der Waals surface area contributed by atoms with Crippen LogP contribution in [-0.2, 0) is 5.41 Å². The molecular formula is C79H50N6. The van der Waals surface area contributed by atoms with Crippen LogP contribution in [0.15, 0.2) is 303 Å². The van der Waals surface area contributed by atoms with E-state index < -0.39 is 5.41 Å². The highest BCUT2D eigenvalue weighted by Gasteiger charge is 2.52. The van der Waals surface area contributed by atoms with Gasteiger partial charge in [-0.15, -0.1) is 0 Å². The Morgan fingerprint density at radius 3 is 0.671 bits per heavy atom. The number of nitrogens with zero attached hydrogens (tertiary/aromatic N) is 6. The average Bonchev–Trinajstić information content (AvgIpc) is 1.64. The lowest BCUT2D eigenvalue weighted by atomic mass is 9.70. The lowest BCUT2D eigenvalue weighted by Gasteiger charge is -2.31. The molecule has 0 fully saturated rings. The molecule has 16 rings (SSSR count). The van der Waals surface area contributed by atoms with Crippen LogP contribution in [0.5, 0.6) is 0 Å². The highest BCUT2D eigenvalue weighted by molar-refractivity contribution is 5.97. The molecule has 0 N–H and O–H groups in total. The second-order valence-corrected chi connectivity index (χ2v) is 21.8. The van der Waals surface area contributed by atoms with Crippen molar-refractivity contribution < 1.29 is 0 Å². The van der Waals surface area contributed by atoms with Gasteiger partial charge in [-0.2, -0.15) is 0 Å². The van der Waals surface area contributed by atoms with Crippen molar-refractivity contribution in [2.45, 2.75) is 5.41 Å². The Kier molecular flexibility index (Phi) is 12.0. The van der Waals surface area contributed by atoms with Crippen molar-refractivity contribution in [3.63, 3.8) is 0 Å². The van der Waals surface area contributed by atoms with E-state index in [1.54, 1.807) is 0 Å². The standard InChI is InChI=1S/C79H50N6/c1-5-21-51(22-6-1)55-29-17-33-59(45-55)73-80-74(60-34-18-30-56(46-60)52-23-7-2-8-24-52)83-77(82-73)63-41-43-67-65-37-13-15-39-69(65)79(71(67)49-63)70-40-16-14-38-66(70)68-44-42-64(50-72(68)79)78-84-75(61-35-19-31-57(47-61)53-25-9-3-10-26-53)81-76(85-78)62-36-20-32-58(48-62)54-27-11-4-12-28-54/h1-50H. The first kappa shape index (κ1) is 49.5. The van der Waals surface area contributed by atoms with Crippen molar-refractivity contribution in [2.24, 2.45) is 0 Å². The first-order chi connectivity index (χ1) is 42.1. The van der Waals surface area contributed by atoms with Gasteiger partial charge >= 0.3 is 0 Å². The zero-order chi connectivity index (χ0) is 56.3. The maximum atomic E-state index is 5.41. The zero-order valence-electron chi connectivity index (χ0n) is 46.1. The summed E-state index contributed by atoms with van der Waals surface area (Å²) in [7, 11) is 0. The fourth-order valence-electron chi connectivity index (χ4n) is 12.8. The lowest BCUT2D eigenvalue weighted by molar-refractivity contribution is 0.794. The topological polar surface area (TPSA) is 77.3 Å². The molecule has 85 heavy (non-hydrogen) atoms. The second kappa shape index (κ2) is 20.6. The molecule has 12 aromatic carbocycles. The Hall–Kier alpha value is -11.3. The maximum Gasteiger partial charge on any atom is 0.164 e. The van der Waals surface area contributed by atoms with E-state index in [0.717, 1.165) is 100 Å². The normalized spacial score (nSPS) is 12.3. The molecule has 0 saturated heterocycles. The summed E-state index contributed by atoms with van der Waals surface area (Å²) in [6, 6.07) is 107. The number of hydrogen-bond donors (Lipinski definition) is 0. The Labute approximate surface area is 493 Å². The highest BCUT2D eigenvalue weighted by Crippen LogP contribution is 2.63. The van der Waals surface area contributed by atoms with Gasteiger partial charge in [0.25, 0.3) is 0 Å². The third-order valence-electron chi connectivity index (χ3n) is 16.8. The lowest BCUT2D eigenvalue weighted by Crippen LogP contribution is -2.26. The Balaban J connectivity index is 0.886. The minimum Gasteiger partial charge on any atom is -0.208 e. The van der Waals surface area contributed by atoms with Crippen LogP contribution in [0, 0.1) is 0 Å². The summed E-state index contributed by atoms with van der Waals surface area (Å²) in [6.07, 6.45) is 0. The molecule has 1 spiro atoms. The predicted molar refractivity (Wildman–Crippen MR) is 344 cm³/mol. The van der Waals surface area contributed by atoms with E-state index in [4.69, 9.17) is 29.9 Å². The van der Waals surface area contributed by atoms with E-state index in [2.05, 4.69) is 279 Å². The summed E-state index contributed by atoms with van der Waals surface area (Å²) in [6.45, 7) is 0. The number of hydrogen-bond acceptors (Lipinski definition) is 6. The molecule has 0 unspecified atom stereocenters. The van der Waals surface area contributed by atoms with E-state index in [1.165, 1.54) is 22.3 Å².